The molecule has 0 unspecified atom stereocenters. The molecule has 0 bridgehead atoms. The minimum Gasteiger partial charge on any atom is -0.464 e. The molecule has 11 heteroatoms. The van der Waals surface area contributed by atoms with Gasteiger partial charge in [0.05, 0.1) is 18.2 Å². The van der Waals surface area contributed by atoms with Crippen molar-refractivity contribution >= 4 is 42.9 Å². The van der Waals surface area contributed by atoms with Crippen LogP contribution in [0.4, 0.5) is 0 Å². The number of hydrogen-bond donors (Lipinski definition) is 1. The summed E-state index contributed by atoms with van der Waals surface area (Å²) in [5.41, 5.74) is 0.550. The van der Waals surface area contributed by atoms with Crippen molar-refractivity contribution in [2.75, 3.05) is 26.2 Å². The lowest BCUT2D eigenvalue weighted by Crippen LogP contribution is -2.48. The van der Waals surface area contributed by atoms with Crippen molar-refractivity contribution in [3.63, 3.8) is 0 Å². The van der Waals surface area contributed by atoms with E-state index in [-0.39, 0.29) is 5.56 Å². The zero-order chi connectivity index (χ0) is 20.7. The van der Waals surface area contributed by atoms with Gasteiger partial charge in [-0.3, -0.25) is 9.69 Å². The van der Waals surface area contributed by atoms with E-state index in [2.05, 4.69) is 14.9 Å². The highest BCUT2D eigenvalue weighted by Crippen LogP contribution is 2.31. The molecule has 1 N–H and O–H groups in total. The van der Waals surface area contributed by atoms with E-state index < -0.39 is 10.0 Å². The Hall–Kier alpha value is -2.31. The molecule has 1 fully saturated rings. The highest BCUT2D eigenvalue weighted by atomic mass is 32.2. The predicted molar refractivity (Wildman–Crippen MR) is 116 cm³/mol. The maximum absolute atomic E-state index is 12.7. The van der Waals surface area contributed by atoms with Gasteiger partial charge >= 0.3 is 0 Å². The lowest BCUT2D eigenvalue weighted by molar-refractivity contribution is 0.178. The second kappa shape index (κ2) is 7.75. The van der Waals surface area contributed by atoms with E-state index in [9.17, 15) is 13.2 Å². The average molecular weight is 463 g/mol. The number of H-pyrrole nitrogens is 1. The lowest BCUT2D eigenvalue weighted by atomic mass is 10.2. The summed E-state index contributed by atoms with van der Waals surface area (Å²) in [6.45, 7) is 2.44. The zero-order valence-corrected chi connectivity index (χ0v) is 18.2. The van der Waals surface area contributed by atoms with E-state index in [0.717, 1.165) is 5.56 Å². The van der Waals surface area contributed by atoms with Gasteiger partial charge in [0.1, 0.15) is 20.6 Å². The van der Waals surface area contributed by atoms with Gasteiger partial charge in [0.15, 0.2) is 0 Å². The molecule has 1 aliphatic heterocycles. The smallest absolute Gasteiger partial charge is 0.260 e. The first kappa shape index (κ1) is 19.6. The summed E-state index contributed by atoms with van der Waals surface area (Å²) in [5, 5.41) is 4.18. The van der Waals surface area contributed by atoms with Crippen LogP contribution in [0.15, 0.2) is 54.7 Å². The third-order valence-electron chi connectivity index (χ3n) is 5.07. The van der Waals surface area contributed by atoms with E-state index in [4.69, 9.17) is 4.42 Å². The molecule has 8 nitrogen and oxygen atoms in total. The van der Waals surface area contributed by atoms with Crippen molar-refractivity contribution in [3.8, 4) is 11.3 Å². The van der Waals surface area contributed by atoms with Crippen molar-refractivity contribution in [1.82, 2.24) is 19.2 Å². The van der Waals surface area contributed by atoms with Crippen molar-refractivity contribution in [2.24, 2.45) is 0 Å². The van der Waals surface area contributed by atoms with E-state index in [1.165, 1.54) is 27.0 Å². The number of aromatic amines is 1. The van der Waals surface area contributed by atoms with Crippen LogP contribution in [0.5, 0.6) is 0 Å². The van der Waals surface area contributed by atoms with Crippen molar-refractivity contribution in [3.05, 3.63) is 57.5 Å². The number of thiophene rings is 2. The molecular weight excluding hydrogens is 444 g/mol. The topological polar surface area (TPSA) is 99.5 Å². The Labute approximate surface area is 180 Å². The fourth-order valence-corrected chi connectivity index (χ4v) is 7.07. The van der Waals surface area contributed by atoms with Gasteiger partial charge in [-0.2, -0.15) is 4.31 Å². The van der Waals surface area contributed by atoms with E-state index in [1.54, 1.807) is 29.8 Å². The summed E-state index contributed by atoms with van der Waals surface area (Å²) >= 11 is 2.64. The van der Waals surface area contributed by atoms with Crippen LogP contribution in [-0.2, 0) is 16.6 Å². The molecule has 0 amide bonds. The summed E-state index contributed by atoms with van der Waals surface area (Å²) < 4.78 is 32.6. The van der Waals surface area contributed by atoms with Crippen molar-refractivity contribution in [2.45, 2.75) is 10.8 Å². The van der Waals surface area contributed by atoms with Gasteiger partial charge in [-0.15, -0.1) is 22.7 Å². The first-order valence-electron chi connectivity index (χ1n) is 9.32. The van der Waals surface area contributed by atoms with Crippen molar-refractivity contribution < 1.29 is 12.8 Å². The van der Waals surface area contributed by atoms with Crippen LogP contribution in [0, 0.1) is 0 Å². The van der Waals surface area contributed by atoms with Crippen LogP contribution in [0.3, 0.4) is 0 Å². The first-order valence-corrected chi connectivity index (χ1v) is 12.5. The molecule has 4 aromatic rings. The summed E-state index contributed by atoms with van der Waals surface area (Å²) in [5.74, 6) is 1.22. The maximum atomic E-state index is 12.7. The molecule has 30 heavy (non-hydrogen) atoms. The number of furan rings is 1. The molecule has 0 spiro atoms. The highest BCUT2D eigenvalue weighted by molar-refractivity contribution is 7.91. The molecule has 5 heterocycles. The first-order chi connectivity index (χ1) is 14.5. The van der Waals surface area contributed by atoms with Crippen LogP contribution in [0.25, 0.3) is 21.5 Å². The molecular formula is C19H18N4O4S3. The van der Waals surface area contributed by atoms with Gasteiger partial charge < -0.3 is 9.40 Å². The Balaban J connectivity index is 1.31. The van der Waals surface area contributed by atoms with Crippen LogP contribution in [-0.4, -0.2) is 53.8 Å². The monoisotopic (exact) mass is 462 g/mol. The van der Waals surface area contributed by atoms with Gasteiger partial charge in [-0.25, -0.2) is 13.4 Å². The number of fused-ring (bicyclic) bond motifs is 1. The fraction of sp³-hybridized carbons (Fsp3) is 0.263. The minimum atomic E-state index is -3.42. The van der Waals surface area contributed by atoms with Crippen LogP contribution >= 0.6 is 22.7 Å². The van der Waals surface area contributed by atoms with E-state index >= 15 is 0 Å². The summed E-state index contributed by atoms with van der Waals surface area (Å²) in [7, 11) is -3.42. The third kappa shape index (κ3) is 3.52. The molecule has 4 aromatic heterocycles. The second-order valence-electron chi connectivity index (χ2n) is 6.93. The van der Waals surface area contributed by atoms with E-state index in [1.807, 2.05) is 11.4 Å². The molecule has 1 aliphatic rings. The Bertz CT molecular complexity index is 1320. The number of nitrogens with one attached hydrogen (secondary N) is 1. The highest BCUT2D eigenvalue weighted by Gasteiger charge is 2.29. The summed E-state index contributed by atoms with van der Waals surface area (Å²) in [6.07, 6.45) is 1.58. The van der Waals surface area contributed by atoms with Crippen LogP contribution in [0.1, 0.15) is 5.82 Å². The fourth-order valence-electron chi connectivity index (χ4n) is 3.56. The molecule has 0 aromatic carbocycles. The SMILES string of the molecule is O=c1[nH]c(CN2CCN(S(=O)(=O)c3cccs3)CC2)nc2scc(-c3ccco3)c12. The zero-order valence-electron chi connectivity index (χ0n) is 15.8. The number of sulfonamides is 1. The predicted octanol–water partition coefficient (Wildman–Crippen LogP) is 2.81. The minimum absolute atomic E-state index is 0.193. The maximum Gasteiger partial charge on any atom is 0.260 e. The lowest BCUT2D eigenvalue weighted by Gasteiger charge is -2.33. The Morgan fingerprint density at radius 3 is 2.67 bits per heavy atom. The van der Waals surface area contributed by atoms with Gasteiger partial charge in [-0.1, -0.05) is 6.07 Å². The molecule has 5 rings (SSSR count). The van der Waals surface area contributed by atoms with Gasteiger partial charge in [-0.05, 0) is 23.6 Å². The Morgan fingerprint density at radius 2 is 1.97 bits per heavy atom. The average Bonchev–Trinajstić information content (AvgIpc) is 3.49. The molecule has 0 atom stereocenters. The summed E-state index contributed by atoms with van der Waals surface area (Å²) in [6, 6.07) is 6.98. The van der Waals surface area contributed by atoms with Crippen LogP contribution < -0.4 is 5.56 Å². The van der Waals surface area contributed by atoms with Crippen LogP contribution in [0.2, 0.25) is 0 Å². The van der Waals surface area contributed by atoms with Gasteiger partial charge in [0, 0.05) is 37.1 Å². The molecule has 156 valence electrons. The summed E-state index contributed by atoms with van der Waals surface area (Å²) in [4.78, 5) is 23.0. The number of nitrogens with zero attached hydrogens (tertiary/aromatic N) is 3. The quantitative estimate of drug-likeness (QED) is 0.490. The number of aromatic nitrogens is 2. The largest absolute Gasteiger partial charge is 0.464 e. The Kier molecular flexibility index (Phi) is 5.07. The van der Waals surface area contributed by atoms with Gasteiger partial charge in [0.2, 0.25) is 0 Å². The molecule has 0 radical (unpaired) electrons. The molecule has 1 saturated heterocycles. The third-order valence-corrected chi connectivity index (χ3v) is 9.22. The van der Waals surface area contributed by atoms with Gasteiger partial charge in [0.25, 0.3) is 15.6 Å². The van der Waals surface area contributed by atoms with E-state index in [0.29, 0.717) is 58.7 Å². The molecule has 0 saturated carbocycles. The standard InChI is InChI=1S/C19H18N4O4S3/c24-18-17-13(14-3-1-9-27-14)12-29-19(17)21-15(20-18)11-22-5-7-23(8-6-22)30(25,26)16-4-2-10-28-16/h1-4,9-10,12H,5-8,11H2,(H,20,21,24). The Morgan fingerprint density at radius 1 is 1.13 bits per heavy atom. The number of piperazine rings is 1. The van der Waals surface area contributed by atoms with Crippen molar-refractivity contribution in [1.29, 1.82) is 0 Å². The second-order valence-corrected chi connectivity index (χ2v) is 10.9. The molecule has 0 aliphatic carbocycles. The number of hydrogen-bond acceptors (Lipinski definition) is 8. The number of rotatable bonds is 5. The normalized spacial score (nSPS) is 16.4.